The minimum atomic E-state index is -1.17. The number of fused-ring (bicyclic) bond motifs is 1. The summed E-state index contributed by atoms with van der Waals surface area (Å²) in [5.41, 5.74) is 4.11. The third kappa shape index (κ3) is 5.08. The van der Waals surface area contributed by atoms with E-state index in [9.17, 15) is 14.0 Å². The molecule has 11 nitrogen and oxygen atoms in total. The van der Waals surface area contributed by atoms with Crippen LogP contribution in [0.15, 0.2) is 36.7 Å². The molecule has 1 N–H and O–H groups in total. The van der Waals surface area contributed by atoms with E-state index in [1.54, 1.807) is 0 Å². The van der Waals surface area contributed by atoms with E-state index in [1.807, 2.05) is 30.3 Å². The van der Waals surface area contributed by atoms with E-state index >= 15 is 0 Å². The number of carbonyl (C=O) groups is 2. The molecule has 1 aliphatic rings. The van der Waals surface area contributed by atoms with E-state index < -0.39 is 43.2 Å². The van der Waals surface area contributed by atoms with Crippen molar-refractivity contribution < 1.29 is 33.0 Å². The van der Waals surface area contributed by atoms with Crippen molar-refractivity contribution in [1.82, 2.24) is 19.5 Å². The number of hydrogen-bond donors (Lipinski definition) is 1. The van der Waals surface area contributed by atoms with Crippen LogP contribution in [0, 0.1) is 0 Å². The summed E-state index contributed by atoms with van der Waals surface area (Å²) in [4.78, 5) is 41.4. The number of rotatable bonds is 8. The molecule has 1 saturated heterocycles. The summed E-state index contributed by atoms with van der Waals surface area (Å²) in [5, 5.41) is -0.124. The Balaban J connectivity index is 1.64. The maximum Gasteiger partial charge on any atom is 0.303 e. The molecule has 4 rings (SSSR count). The zero-order valence-corrected chi connectivity index (χ0v) is 18.9. The largest absolute Gasteiger partial charge is 0.455 e. The Labute approximate surface area is 198 Å². The minimum absolute atomic E-state index is 0.124. The van der Waals surface area contributed by atoms with Gasteiger partial charge in [-0.2, -0.15) is 9.97 Å². The third-order valence-electron chi connectivity index (χ3n) is 4.96. The number of carbonyl (C=O) groups excluding carboxylic acids is 2. The van der Waals surface area contributed by atoms with Crippen LogP contribution < -0.4 is 5.48 Å². The Morgan fingerprint density at radius 2 is 1.85 bits per heavy atom. The van der Waals surface area contributed by atoms with Crippen molar-refractivity contribution in [3.05, 3.63) is 47.5 Å². The van der Waals surface area contributed by atoms with Gasteiger partial charge in [-0.1, -0.05) is 30.3 Å². The fraction of sp³-hybridized carbons (Fsp3) is 0.381. The highest BCUT2D eigenvalue weighted by Crippen LogP contribution is 2.36. The van der Waals surface area contributed by atoms with Gasteiger partial charge in [0.1, 0.15) is 12.8 Å². The predicted octanol–water partition coefficient (Wildman–Crippen LogP) is 2.75. The van der Waals surface area contributed by atoms with Gasteiger partial charge in [0, 0.05) is 13.8 Å². The van der Waals surface area contributed by atoms with E-state index in [0.29, 0.717) is 0 Å². The van der Waals surface area contributed by atoms with E-state index in [-0.39, 0.29) is 28.9 Å². The number of esters is 2. The first-order valence-electron chi connectivity index (χ1n) is 10.2. The van der Waals surface area contributed by atoms with Crippen molar-refractivity contribution in [3.8, 4) is 0 Å². The number of hydrogen-bond acceptors (Lipinski definition) is 10. The molecular formula is C21H21ClFN5O6. The van der Waals surface area contributed by atoms with Gasteiger partial charge in [0.05, 0.1) is 12.9 Å². The Hall–Kier alpha value is -3.35. The van der Waals surface area contributed by atoms with Crippen LogP contribution in [-0.4, -0.2) is 56.4 Å². The number of anilines is 1. The molecular weight excluding hydrogens is 473 g/mol. The average Bonchev–Trinajstić information content (AvgIpc) is 3.35. The highest BCUT2D eigenvalue weighted by molar-refractivity contribution is 6.28. The van der Waals surface area contributed by atoms with Crippen LogP contribution in [0.2, 0.25) is 5.28 Å². The van der Waals surface area contributed by atoms with Crippen LogP contribution in [0.1, 0.15) is 25.6 Å². The Kier molecular flexibility index (Phi) is 7.20. The van der Waals surface area contributed by atoms with Crippen molar-refractivity contribution in [2.75, 3.05) is 12.2 Å². The molecule has 1 aromatic carbocycles. The second kappa shape index (κ2) is 10.3. The van der Waals surface area contributed by atoms with Crippen molar-refractivity contribution in [1.29, 1.82) is 0 Å². The Bertz CT molecular complexity index is 1180. The third-order valence-corrected chi connectivity index (χ3v) is 5.13. The molecule has 13 heteroatoms. The maximum absolute atomic E-state index is 13.7. The van der Waals surface area contributed by atoms with Crippen LogP contribution in [0.5, 0.6) is 0 Å². The molecule has 2 aromatic heterocycles. The number of benzene rings is 1. The molecule has 0 spiro atoms. The highest BCUT2D eigenvalue weighted by Gasteiger charge is 2.50. The lowest BCUT2D eigenvalue weighted by atomic mass is 10.1. The van der Waals surface area contributed by atoms with Gasteiger partial charge in [0.2, 0.25) is 5.28 Å². The second-order valence-electron chi connectivity index (χ2n) is 7.41. The standard InChI is InChI=1S/C21H21ClFN5O6/c1-11(29)32-16-14(8-23)34-20(17(16)33-12(2)30)28-10-24-15-18(25-21(22)26-19(15)28)27-31-9-13-6-4-3-5-7-13/h3-7,10,14,16-17,20H,8-9H2,1-2H3,(H,25,26,27)/t14-,16?,17?,20-/m1/s1. The molecule has 180 valence electrons. The number of halogens is 2. The molecule has 0 radical (unpaired) electrons. The van der Waals surface area contributed by atoms with Gasteiger partial charge in [0.25, 0.3) is 0 Å². The first-order chi connectivity index (χ1) is 16.4. The molecule has 3 heterocycles. The first kappa shape index (κ1) is 23.8. The molecule has 0 amide bonds. The van der Waals surface area contributed by atoms with Gasteiger partial charge in [-0.05, 0) is 17.2 Å². The van der Waals surface area contributed by atoms with Gasteiger partial charge < -0.3 is 14.2 Å². The number of nitrogens with zero attached hydrogens (tertiary/aromatic N) is 4. The lowest BCUT2D eigenvalue weighted by Crippen LogP contribution is -2.39. The topological polar surface area (TPSA) is 127 Å². The van der Waals surface area contributed by atoms with E-state index in [2.05, 4.69) is 20.4 Å². The van der Waals surface area contributed by atoms with Gasteiger partial charge in [-0.25, -0.2) is 14.9 Å². The molecule has 0 saturated carbocycles. The molecule has 3 aromatic rings. The first-order valence-corrected chi connectivity index (χ1v) is 10.6. The summed E-state index contributed by atoms with van der Waals surface area (Å²) in [7, 11) is 0. The SMILES string of the molecule is CC(=O)OC1C(OC(C)=O)[C@@H](CF)O[C@H]1n1cnc2c(NOCc3ccccc3)nc(Cl)nc21. The monoisotopic (exact) mass is 493 g/mol. The lowest BCUT2D eigenvalue weighted by Gasteiger charge is -2.23. The minimum Gasteiger partial charge on any atom is -0.455 e. The second-order valence-corrected chi connectivity index (χ2v) is 7.75. The van der Waals surface area contributed by atoms with E-state index in [0.717, 1.165) is 5.56 Å². The maximum atomic E-state index is 13.7. The molecule has 4 atom stereocenters. The molecule has 1 aliphatic heterocycles. The van der Waals surface area contributed by atoms with Crippen LogP contribution in [-0.2, 0) is 35.2 Å². The fourth-order valence-corrected chi connectivity index (χ4v) is 3.78. The molecule has 1 fully saturated rings. The number of aromatic nitrogens is 4. The van der Waals surface area contributed by atoms with Crippen molar-refractivity contribution in [2.24, 2.45) is 0 Å². The Morgan fingerprint density at radius 1 is 1.15 bits per heavy atom. The van der Waals surface area contributed by atoms with Gasteiger partial charge >= 0.3 is 11.9 Å². The Morgan fingerprint density at radius 3 is 2.53 bits per heavy atom. The zero-order valence-electron chi connectivity index (χ0n) is 18.2. The lowest BCUT2D eigenvalue weighted by molar-refractivity contribution is -0.165. The summed E-state index contributed by atoms with van der Waals surface area (Å²) in [6.07, 6.45) is -3.23. The molecule has 0 bridgehead atoms. The summed E-state index contributed by atoms with van der Waals surface area (Å²) < 4.78 is 31.4. The number of ether oxygens (including phenoxy) is 3. The van der Waals surface area contributed by atoms with Gasteiger partial charge in [-0.3, -0.25) is 19.0 Å². The summed E-state index contributed by atoms with van der Waals surface area (Å²) >= 11 is 6.12. The summed E-state index contributed by atoms with van der Waals surface area (Å²) in [6.45, 7) is 1.62. The van der Waals surface area contributed by atoms with E-state index in [1.165, 1.54) is 24.7 Å². The summed E-state index contributed by atoms with van der Waals surface area (Å²) in [5.74, 6) is -1.15. The molecule has 34 heavy (non-hydrogen) atoms. The normalized spacial score (nSPS) is 22.0. The van der Waals surface area contributed by atoms with E-state index in [4.69, 9.17) is 30.6 Å². The number of nitrogens with one attached hydrogen (secondary N) is 1. The number of alkyl halides is 1. The van der Waals surface area contributed by atoms with Crippen molar-refractivity contribution in [2.45, 2.75) is 45.0 Å². The van der Waals surface area contributed by atoms with Gasteiger partial charge in [-0.15, -0.1) is 0 Å². The fourth-order valence-electron chi connectivity index (χ4n) is 3.62. The molecule has 2 unspecified atom stereocenters. The zero-order chi connectivity index (χ0) is 24.2. The van der Waals surface area contributed by atoms with Crippen molar-refractivity contribution >= 4 is 40.5 Å². The van der Waals surface area contributed by atoms with Crippen LogP contribution in [0.25, 0.3) is 11.2 Å². The molecule has 0 aliphatic carbocycles. The predicted molar refractivity (Wildman–Crippen MR) is 116 cm³/mol. The summed E-state index contributed by atoms with van der Waals surface area (Å²) in [6, 6.07) is 9.45. The highest BCUT2D eigenvalue weighted by atomic mass is 35.5. The van der Waals surface area contributed by atoms with Crippen LogP contribution in [0.4, 0.5) is 10.2 Å². The number of imidazole rings is 1. The average molecular weight is 494 g/mol. The van der Waals surface area contributed by atoms with Gasteiger partial charge in [0.15, 0.2) is 35.4 Å². The van der Waals surface area contributed by atoms with Crippen LogP contribution in [0.3, 0.4) is 0 Å². The quantitative estimate of drug-likeness (QED) is 0.284. The van der Waals surface area contributed by atoms with Crippen molar-refractivity contribution in [3.63, 3.8) is 0 Å². The van der Waals surface area contributed by atoms with Crippen LogP contribution >= 0.6 is 11.6 Å². The smallest absolute Gasteiger partial charge is 0.303 e.